The van der Waals surface area contributed by atoms with Crippen LogP contribution in [0.4, 0.5) is 13.6 Å². The molecule has 0 saturated carbocycles. The molecular formula is C17H19F2N3O4. The summed E-state index contributed by atoms with van der Waals surface area (Å²) in [7, 11) is 2.85. The van der Waals surface area contributed by atoms with Gasteiger partial charge in [-0.2, -0.15) is 8.78 Å². The molecule has 0 atom stereocenters. The molecule has 0 unspecified atom stereocenters. The first-order valence-corrected chi connectivity index (χ1v) is 7.64. The van der Waals surface area contributed by atoms with Crippen molar-refractivity contribution in [1.29, 1.82) is 0 Å². The van der Waals surface area contributed by atoms with E-state index in [0.29, 0.717) is 11.4 Å². The summed E-state index contributed by atoms with van der Waals surface area (Å²) in [5, 5.41) is 5.35. The molecule has 2 aromatic rings. The summed E-state index contributed by atoms with van der Waals surface area (Å²) >= 11 is 0. The molecule has 2 rings (SSSR count). The van der Waals surface area contributed by atoms with Crippen molar-refractivity contribution in [3.05, 3.63) is 47.7 Å². The van der Waals surface area contributed by atoms with Crippen molar-refractivity contribution >= 4 is 6.03 Å². The summed E-state index contributed by atoms with van der Waals surface area (Å²) in [5.41, 5.74) is 1.40. The van der Waals surface area contributed by atoms with E-state index in [1.165, 1.54) is 26.4 Å². The lowest BCUT2D eigenvalue weighted by molar-refractivity contribution is -0.0512. The predicted octanol–water partition coefficient (Wildman–Crippen LogP) is 2.70. The second-order valence-electron chi connectivity index (χ2n) is 5.07. The van der Waals surface area contributed by atoms with E-state index >= 15 is 0 Å². The molecule has 0 spiro atoms. The molecule has 2 N–H and O–H groups in total. The van der Waals surface area contributed by atoms with Crippen LogP contribution in [0.1, 0.15) is 11.1 Å². The Hall–Kier alpha value is -3.10. The smallest absolute Gasteiger partial charge is 0.387 e. The zero-order valence-corrected chi connectivity index (χ0v) is 14.3. The maximum absolute atomic E-state index is 12.3. The van der Waals surface area contributed by atoms with Gasteiger partial charge in [0.25, 0.3) is 0 Å². The Morgan fingerprint density at radius 3 is 2.58 bits per heavy atom. The van der Waals surface area contributed by atoms with E-state index in [1.54, 1.807) is 24.4 Å². The number of alkyl halides is 2. The van der Waals surface area contributed by atoms with Crippen LogP contribution < -0.4 is 24.8 Å². The van der Waals surface area contributed by atoms with Crippen molar-refractivity contribution in [3.63, 3.8) is 0 Å². The minimum atomic E-state index is -2.94. The van der Waals surface area contributed by atoms with Crippen molar-refractivity contribution in [2.45, 2.75) is 19.7 Å². The van der Waals surface area contributed by atoms with E-state index in [-0.39, 0.29) is 24.6 Å². The fraction of sp³-hybridized carbons (Fsp3) is 0.294. The lowest BCUT2D eigenvalue weighted by Gasteiger charge is -2.12. The van der Waals surface area contributed by atoms with Crippen LogP contribution in [0.15, 0.2) is 36.5 Å². The third-order valence-electron chi connectivity index (χ3n) is 3.38. The number of benzene rings is 1. The van der Waals surface area contributed by atoms with Crippen molar-refractivity contribution in [3.8, 4) is 17.4 Å². The molecule has 0 aliphatic heterocycles. The second-order valence-corrected chi connectivity index (χ2v) is 5.07. The van der Waals surface area contributed by atoms with Crippen LogP contribution in [0.5, 0.6) is 17.4 Å². The number of nitrogens with zero attached hydrogens (tertiary/aromatic N) is 1. The summed E-state index contributed by atoms with van der Waals surface area (Å²) in [6.45, 7) is -2.52. The number of rotatable bonds is 8. The Morgan fingerprint density at radius 1 is 1.12 bits per heavy atom. The van der Waals surface area contributed by atoms with E-state index < -0.39 is 12.6 Å². The Morgan fingerprint density at radius 2 is 1.88 bits per heavy atom. The highest BCUT2D eigenvalue weighted by Crippen LogP contribution is 2.29. The number of carbonyl (C=O) groups excluding carboxylic acids is 1. The minimum Gasteiger partial charge on any atom is -0.493 e. The number of pyridine rings is 1. The van der Waals surface area contributed by atoms with Crippen molar-refractivity contribution in [2.24, 2.45) is 0 Å². The van der Waals surface area contributed by atoms with Crippen LogP contribution in [0.2, 0.25) is 0 Å². The fourth-order valence-corrected chi connectivity index (χ4v) is 2.18. The lowest BCUT2D eigenvalue weighted by atomic mass is 10.2. The maximum Gasteiger partial charge on any atom is 0.387 e. The average molecular weight is 367 g/mol. The normalized spacial score (nSPS) is 10.3. The molecule has 9 heteroatoms. The molecule has 0 bridgehead atoms. The quantitative estimate of drug-likeness (QED) is 0.750. The predicted molar refractivity (Wildman–Crippen MR) is 89.5 cm³/mol. The first-order chi connectivity index (χ1) is 12.5. The zero-order chi connectivity index (χ0) is 18.9. The number of carbonyl (C=O) groups is 1. The number of hydrogen-bond acceptors (Lipinski definition) is 5. The van der Waals surface area contributed by atoms with Gasteiger partial charge in [0.2, 0.25) is 5.88 Å². The number of ether oxygens (including phenoxy) is 3. The molecule has 0 fully saturated rings. The zero-order valence-electron chi connectivity index (χ0n) is 14.3. The number of methoxy groups -OCH3 is 2. The van der Waals surface area contributed by atoms with Crippen molar-refractivity contribution in [2.75, 3.05) is 14.2 Å². The van der Waals surface area contributed by atoms with Crippen LogP contribution in [0, 0.1) is 0 Å². The first kappa shape index (κ1) is 19.2. The number of halogens is 2. The largest absolute Gasteiger partial charge is 0.493 e. The third kappa shape index (κ3) is 5.47. The van der Waals surface area contributed by atoms with E-state index in [0.717, 1.165) is 5.56 Å². The van der Waals surface area contributed by atoms with Gasteiger partial charge in [0, 0.05) is 24.8 Å². The van der Waals surface area contributed by atoms with Crippen LogP contribution in [0.3, 0.4) is 0 Å². The molecule has 0 aliphatic rings. The molecule has 1 aromatic carbocycles. The highest BCUT2D eigenvalue weighted by atomic mass is 19.3. The topological polar surface area (TPSA) is 81.7 Å². The van der Waals surface area contributed by atoms with Gasteiger partial charge in [-0.1, -0.05) is 12.1 Å². The van der Waals surface area contributed by atoms with Crippen LogP contribution in [-0.2, 0) is 13.1 Å². The van der Waals surface area contributed by atoms with Gasteiger partial charge in [-0.3, -0.25) is 0 Å². The number of hydrogen-bond donors (Lipinski definition) is 2. The molecular weight excluding hydrogens is 348 g/mol. The number of nitrogens with one attached hydrogen (secondary N) is 2. The van der Waals surface area contributed by atoms with Gasteiger partial charge in [0.15, 0.2) is 11.5 Å². The molecule has 0 radical (unpaired) electrons. The molecule has 7 nitrogen and oxygen atoms in total. The van der Waals surface area contributed by atoms with Crippen LogP contribution >= 0.6 is 0 Å². The van der Waals surface area contributed by atoms with Gasteiger partial charge < -0.3 is 24.8 Å². The molecule has 0 saturated heterocycles. The molecule has 0 aliphatic carbocycles. The number of aromatic nitrogens is 1. The fourth-order valence-electron chi connectivity index (χ4n) is 2.18. The Kier molecular flexibility index (Phi) is 6.95. The lowest BCUT2D eigenvalue weighted by Crippen LogP contribution is -2.34. The Balaban J connectivity index is 1.88. The van der Waals surface area contributed by atoms with Gasteiger partial charge in [-0.15, -0.1) is 0 Å². The number of amides is 2. The Bertz CT molecular complexity index is 744. The molecule has 140 valence electrons. The van der Waals surface area contributed by atoms with Crippen molar-refractivity contribution in [1.82, 2.24) is 15.6 Å². The van der Waals surface area contributed by atoms with Crippen LogP contribution in [0.25, 0.3) is 0 Å². The minimum absolute atomic E-state index is 0.0700. The average Bonchev–Trinajstić information content (AvgIpc) is 2.65. The molecule has 26 heavy (non-hydrogen) atoms. The highest BCUT2D eigenvalue weighted by molar-refractivity contribution is 5.73. The highest BCUT2D eigenvalue weighted by Gasteiger charge is 2.11. The second kappa shape index (κ2) is 9.40. The summed E-state index contributed by atoms with van der Waals surface area (Å²) in [5.74, 6) is 0.525. The van der Waals surface area contributed by atoms with E-state index in [2.05, 4.69) is 20.4 Å². The van der Waals surface area contributed by atoms with Gasteiger partial charge in [0.1, 0.15) is 0 Å². The molecule has 1 heterocycles. The summed E-state index contributed by atoms with van der Waals surface area (Å²) in [6.07, 6.45) is 1.59. The first-order valence-electron chi connectivity index (χ1n) is 7.64. The van der Waals surface area contributed by atoms with Gasteiger partial charge in [-0.05, 0) is 23.8 Å². The monoisotopic (exact) mass is 367 g/mol. The standard InChI is InChI=1S/C17H19F2N3O4/c1-24-14-8-11(5-6-13(14)26-16(18)19)9-21-17(23)22-10-12-4-3-7-20-15(12)25-2/h3-8,16H,9-10H2,1-2H3,(H2,21,22,23). The van der Waals surface area contributed by atoms with E-state index in [9.17, 15) is 13.6 Å². The third-order valence-corrected chi connectivity index (χ3v) is 3.38. The van der Waals surface area contributed by atoms with Gasteiger partial charge in [-0.25, -0.2) is 9.78 Å². The van der Waals surface area contributed by atoms with Crippen LogP contribution in [-0.4, -0.2) is 31.8 Å². The summed E-state index contributed by atoms with van der Waals surface area (Å²) in [4.78, 5) is 16.0. The number of urea groups is 1. The van der Waals surface area contributed by atoms with E-state index in [4.69, 9.17) is 9.47 Å². The SMILES string of the molecule is COc1cc(CNC(=O)NCc2cccnc2OC)ccc1OC(F)F. The van der Waals surface area contributed by atoms with E-state index in [1.807, 2.05) is 0 Å². The van der Waals surface area contributed by atoms with Crippen molar-refractivity contribution < 1.29 is 27.8 Å². The van der Waals surface area contributed by atoms with Gasteiger partial charge >= 0.3 is 12.6 Å². The Labute approximate surface area is 149 Å². The molecule has 1 aromatic heterocycles. The maximum atomic E-state index is 12.3. The van der Waals surface area contributed by atoms with Gasteiger partial charge in [0.05, 0.1) is 14.2 Å². The summed E-state index contributed by atoms with van der Waals surface area (Å²) in [6, 6.07) is 7.57. The summed E-state index contributed by atoms with van der Waals surface area (Å²) < 4.78 is 39.1. The molecule has 2 amide bonds.